The van der Waals surface area contributed by atoms with Gasteiger partial charge in [0.25, 0.3) is 5.91 Å². The zero-order valence-corrected chi connectivity index (χ0v) is 21.6. The van der Waals surface area contributed by atoms with E-state index < -0.39 is 5.54 Å². The molecule has 3 aromatic rings. The van der Waals surface area contributed by atoms with Gasteiger partial charge in [-0.05, 0) is 68.7 Å². The molecule has 7 heteroatoms. The van der Waals surface area contributed by atoms with Gasteiger partial charge in [0, 0.05) is 22.5 Å². The summed E-state index contributed by atoms with van der Waals surface area (Å²) in [4.78, 5) is 30.8. The second-order valence-electron chi connectivity index (χ2n) is 10.1. The van der Waals surface area contributed by atoms with Crippen molar-refractivity contribution < 1.29 is 9.59 Å². The van der Waals surface area contributed by atoms with Gasteiger partial charge in [0.1, 0.15) is 11.2 Å². The lowest BCUT2D eigenvalue weighted by Gasteiger charge is -2.45. The van der Waals surface area contributed by atoms with E-state index in [2.05, 4.69) is 29.8 Å². The third-order valence-corrected chi connectivity index (χ3v) is 9.23. The van der Waals surface area contributed by atoms with Crippen LogP contribution in [0.4, 0.5) is 0 Å². The van der Waals surface area contributed by atoms with Crippen LogP contribution in [0.15, 0.2) is 36.4 Å². The fourth-order valence-corrected chi connectivity index (χ4v) is 6.59. The van der Waals surface area contributed by atoms with Crippen LogP contribution in [0.2, 0.25) is 5.02 Å². The highest BCUT2D eigenvalue weighted by Gasteiger charge is 2.48. The molecule has 3 heterocycles. The molecule has 1 aromatic carbocycles. The lowest BCUT2D eigenvalue weighted by molar-refractivity contribution is -0.134. The topological polar surface area (TPSA) is 54.3 Å². The Balaban J connectivity index is 1.53. The van der Waals surface area contributed by atoms with Crippen molar-refractivity contribution in [2.45, 2.75) is 77.5 Å². The van der Waals surface area contributed by atoms with Gasteiger partial charge in [0.05, 0.1) is 16.8 Å². The highest BCUT2D eigenvalue weighted by Crippen LogP contribution is 2.37. The summed E-state index contributed by atoms with van der Waals surface area (Å²) in [5.74, 6) is 0.507. The summed E-state index contributed by atoms with van der Waals surface area (Å²) in [6.07, 6.45) is 5.19. The van der Waals surface area contributed by atoms with Crippen LogP contribution in [-0.2, 0) is 24.3 Å². The number of nitrogens with one attached hydrogen (secondary N) is 1. The molecule has 1 N–H and O–H groups in total. The van der Waals surface area contributed by atoms with Crippen molar-refractivity contribution in [1.82, 2.24) is 14.8 Å². The van der Waals surface area contributed by atoms with Crippen LogP contribution in [0.25, 0.3) is 10.2 Å². The number of hydrogen-bond acceptors (Lipinski definition) is 3. The third kappa shape index (κ3) is 4.05. The molecule has 2 amide bonds. The number of fused-ring (bicyclic) bond motifs is 3. The lowest BCUT2D eigenvalue weighted by atomic mass is 9.86. The normalized spacial score (nSPS) is 24.9. The first-order valence-electron chi connectivity index (χ1n) is 12.3. The van der Waals surface area contributed by atoms with Gasteiger partial charge in [0.15, 0.2) is 0 Å². The Bertz CT molecular complexity index is 1240. The maximum Gasteiger partial charge on any atom is 0.271 e. The lowest BCUT2D eigenvalue weighted by Crippen LogP contribution is -2.64. The van der Waals surface area contributed by atoms with Crippen LogP contribution in [0.5, 0.6) is 0 Å². The molecule has 0 radical (unpaired) electrons. The van der Waals surface area contributed by atoms with E-state index in [1.165, 1.54) is 4.88 Å². The smallest absolute Gasteiger partial charge is 0.271 e. The number of rotatable bonds is 5. The van der Waals surface area contributed by atoms with Crippen molar-refractivity contribution in [2.75, 3.05) is 0 Å². The number of carbonyl (C=O) groups is 2. The van der Waals surface area contributed by atoms with Gasteiger partial charge in [-0.3, -0.25) is 9.59 Å². The molecule has 0 bridgehead atoms. The minimum absolute atomic E-state index is 0.0779. The molecule has 5 rings (SSSR count). The van der Waals surface area contributed by atoms with Crippen LogP contribution in [0, 0.1) is 5.92 Å². The summed E-state index contributed by atoms with van der Waals surface area (Å²) >= 11 is 8.20. The molecule has 34 heavy (non-hydrogen) atoms. The van der Waals surface area contributed by atoms with Gasteiger partial charge in [-0.1, -0.05) is 43.6 Å². The number of aryl methyl sites for hydroxylation is 1. The van der Waals surface area contributed by atoms with Crippen LogP contribution in [0.3, 0.4) is 0 Å². The van der Waals surface area contributed by atoms with E-state index >= 15 is 0 Å². The van der Waals surface area contributed by atoms with Gasteiger partial charge in [-0.15, -0.1) is 11.3 Å². The van der Waals surface area contributed by atoms with Crippen LogP contribution >= 0.6 is 22.9 Å². The number of aromatic nitrogens is 1. The Hall–Kier alpha value is -2.31. The number of hydrogen-bond donors (Lipinski definition) is 1. The highest BCUT2D eigenvalue weighted by atomic mass is 35.5. The SMILES string of the molecule is CCc1cc2c(cc3n2CC(C)(C(=O)NC2CCC(C)CC2)N(Cc2ccccc2Cl)C3=O)s1. The van der Waals surface area contributed by atoms with E-state index in [1.54, 1.807) is 16.2 Å². The molecule has 1 aliphatic heterocycles. The number of carbonyl (C=O) groups excluding carboxylic acids is 2. The predicted molar refractivity (Wildman–Crippen MR) is 138 cm³/mol. The van der Waals surface area contributed by atoms with Gasteiger partial charge in [-0.25, -0.2) is 0 Å². The van der Waals surface area contributed by atoms with E-state index in [-0.39, 0.29) is 17.9 Å². The Labute approximate surface area is 210 Å². The van der Waals surface area contributed by atoms with Gasteiger partial charge in [-0.2, -0.15) is 0 Å². The Morgan fingerprint density at radius 1 is 1.21 bits per heavy atom. The van der Waals surface area contributed by atoms with Gasteiger partial charge < -0.3 is 14.8 Å². The molecule has 1 aliphatic carbocycles. The highest BCUT2D eigenvalue weighted by molar-refractivity contribution is 7.19. The van der Waals surface area contributed by atoms with Crippen molar-refractivity contribution in [3.8, 4) is 0 Å². The van der Waals surface area contributed by atoms with E-state index in [9.17, 15) is 9.59 Å². The minimum Gasteiger partial charge on any atom is -0.351 e. The first-order chi connectivity index (χ1) is 16.3. The molecular weight excluding hydrogens is 466 g/mol. The zero-order chi connectivity index (χ0) is 24.0. The standard InChI is InChI=1S/C27H32ClN3O2S/c1-4-20-13-22-24(34-20)14-23-25(32)31(15-18-7-5-6-8-21(18)28)27(3,16-30(22)23)26(33)29-19-11-9-17(2)10-12-19/h5-8,13-14,17,19H,4,9-12,15-16H2,1-3H3,(H,29,33). The van der Waals surface area contributed by atoms with Crippen LogP contribution in [0.1, 0.15) is 67.4 Å². The zero-order valence-electron chi connectivity index (χ0n) is 20.1. The molecule has 1 saturated carbocycles. The number of nitrogens with zero attached hydrogens (tertiary/aromatic N) is 2. The van der Waals surface area contributed by atoms with E-state index in [0.717, 1.165) is 47.9 Å². The second-order valence-corrected chi connectivity index (χ2v) is 11.7. The van der Waals surface area contributed by atoms with Crippen molar-refractivity contribution in [3.63, 3.8) is 0 Å². The Morgan fingerprint density at radius 3 is 2.65 bits per heavy atom. The molecule has 1 atom stereocenters. The second kappa shape index (κ2) is 9.04. The summed E-state index contributed by atoms with van der Waals surface area (Å²) in [7, 11) is 0. The number of halogens is 1. The molecular formula is C27H32ClN3O2S. The molecule has 5 nitrogen and oxygen atoms in total. The Morgan fingerprint density at radius 2 is 1.94 bits per heavy atom. The van der Waals surface area contributed by atoms with Crippen molar-refractivity contribution >= 4 is 45.0 Å². The van der Waals surface area contributed by atoms with E-state index in [1.807, 2.05) is 37.3 Å². The molecule has 2 aliphatic rings. The average Bonchev–Trinajstić information content (AvgIpc) is 3.38. The van der Waals surface area contributed by atoms with Crippen molar-refractivity contribution in [3.05, 3.63) is 57.6 Å². The predicted octanol–water partition coefficient (Wildman–Crippen LogP) is 6.03. The summed E-state index contributed by atoms with van der Waals surface area (Å²) in [5.41, 5.74) is 1.52. The fraction of sp³-hybridized carbons (Fsp3) is 0.481. The molecule has 1 fully saturated rings. The van der Waals surface area contributed by atoms with Crippen LogP contribution < -0.4 is 5.32 Å². The maximum atomic E-state index is 13.9. The molecule has 180 valence electrons. The van der Waals surface area contributed by atoms with Crippen LogP contribution in [-0.4, -0.2) is 32.9 Å². The molecule has 0 saturated heterocycles. The molecule has 1 unspecified atom stereocenters. The summed E-state index contributed by atoms with van der Waals surface area (Å²) in [6, 6.07) is 11.9. The Kier molecular flexibility index (Phi) is 6.23. The maximum absolute atomic E-state index is 13.9. The first-order valence-corrected chi connectivity index (χ1v) is 13.5. The van der Waals surface area contributed by atoms with Gasteiger partial charge in [0.2, 0.25) is 5.91 Å². The third-order valence-electron chi connectivity index (χ3n) is 7.64. The number of thiophene rings is 1. The summed E-state index contributed by atoms with van der Waals surface area (Å²) in [5, 5.41) is 3.92. The monoisotopic (exact) mass is 497 g/mol. The minimum atomic E-state index is -1.02. The van der Waals surface area contributed by atoms with Crippen molar-refractivity contribution in [1.29, 1.82) is 0 Å². The molecule has 2 aromatic heterocycles. The van der Waals surface area contributed by atoms with Gasteiger partial charge >= 0.3 is 0 Å². The summed E-state index contributed by atoms with van der Waals surface area (Å²) < 4.78 is 3.16. The fourth-order valence-electron chi connectivity index (χ4n) is 5.35. The quantitative estimate of drug-likeness (QED) is 0.468. The largest absolute Gasteiger partial charge is 0.351 e. The molecule has 0 spiro atoms. The average molecular weight is 498 g/mol. The first kappa shape index (κ1) is 23.4. The van der Waals surface area contributed by atoms with E-state index in [0.29, 0.717) is 29.7 Å². The van der Waals surface area contributed by atoms with Crippen molar-refractivity contribution in [2.24, 2.45) is 5.92 Å². The summed E-state index contributed by atoms with van der Waals surface area (Å²) in [6.45, 7) is 7.04. The number of benzene rings is 1. The number of amides is 2. The van der Waals surface area contributed by atoms with E-state index in [4.69, 9.17) is 11.6 Å².